The summed E-state index contributed by atoms with van der Waals surface area (Å²) in [4.78, 5) is 15.6. The summed E-state index contributed by atoms with van der Waals surface area (Å²) in [6.07, 6.45) is 4.72. The molecule has 0 aliphatic heterocycles. The van der Waals surface area contributed by atoms with Crippen LogP contribution in [0.5, 0.6) is 0 Å². The first-order valence-electron chi connectivity index (χ1n) is 5.74. The van der Waals surface area contributed by atoms with Gasteiger partial charge in [-0.2, -0.15) is 0 Å². The summed E-state index contributed by atoms with van der Waals surface area (Å²) in [5.41, 5.74) is 1.61. The standard InChI is InChI=1S/C15H12ClNO2/c16-13-7-4-12(5-8-13)6-9-15(18)19-11-14-3-1-2-10-17-14/h1-10H,11H2. The van der Waals surface area contributed by atoms with E-state index in [1.165, 1.54) is 6.08 Å². The summed E-state index contributed by atoms with van der Waals surface area (Å²) in [6.45, 7) is 0.171. The van der Waals surface area contributed by atoms with Gasteiger partial charge in [-0.1, -0.05) is 29.8 Å². The van der Waals surface area contributed by atoms with Crippen LogP contribution in [-0.4, -0.2) is 11.0 Å². The molecule has 96 valence electrons. The minimum Gasteiger partial charge on any atom is -0.456 e. The van der Waals surface area contributed by atoms with Crippen molar-refractivity contribution in [2.24, 2.45) is 0 Å². The number of halogens is 1. The van der Waals surface area contributed by atoms with Gasteiger partial charge in [-0.3, -0.25) is 4.98 Å². The van der Waals surface area contributed by atoms with Crippen LogP contribution in [-0.2, 0) is 16.1 Å². The third-order valence-electron chi connectivity index (χ3n) is 2.37. The number of esters is 1. The monoisotopic (exact) mass is 273 g/mol. The number of pyridine rings is 1. The van der Waals surface area contributed by atoms with E-state index in [9.17, 15) is 4.79 Å². The van der Waals surface area contributed by atoms with E-state index in [1.54, 1.807) is 30.5 Å². The summed E-state index contributed by atoms with van der Waals surface area (Å²) in [6, 6.07) is 12.6. The molecule has 0 spiro atoms. The number of carbonyl (C=O) groups excluding carboxylic acids is 1. The van der Waals surface area contributed by atoms with Crippen molar-refractivity contribution in [3.63, 3.8) is 0 Å². The molecule has 4 heteroatoms. The van der Waals surface area contributed by atoms with Gasteiger partial charge in [0.15, 0.2) is 0 Å². The van der Waals surface area contributed by atoms with Gasteiger partial charge in [0, 0.05) is 17.3 Å². The SMILES string of the molecule is O=C(C=Cc1ccc(Cl)cc1)OCc1ccccn1. The highest BCUT2D eigenvalue weighted by molar-refractivity contribution is 6.30. The maximum Gasteiger partial charge on any atom is 0.331 e. The molecule has 0 radical (unpaired) electrons. The second-order valence-electron chi connectivity index (χ2n) is 3.81. The normalized spacial score (nSPS) is 10.6. The molecule has 0 aliphatic rings. The highest BCUT2D eigenvalue weighted by Gasteiger charge is 1.99. The van der Waals surface area contributed by atoms with E-state index < -0.39 is 5.97 Å². The van der Waals surface area contributed by atoms with Crippen LogP contribution in [0.3, 0.4) is 0 Å². The number of hydrogen-bond acceptors (Lipinski definition) is 3. The fourth-order valence-electron chi connectivity index (χ4n) is 1.41. The van der Waals surface area contributed by atoms with Gasteiger partial charge in [-0.05, 0) is 35.9 Å². The zero-order valence-corrected chi connectivity index (χ0v) is 10.9. The molecule has 1 heterocycles. The van der Waals surface area contributed by atoms with Crippen molar-refractivity contribution in [2.75, 3.05) is 0 Å². The first-order chi connectivity index (χ1) is 9.24. The molecule has 0 aliphatic carbocycles. The molecule has 0 bridgehead atoms. The number of benzene rings is 1. The molecule has 0 atom stereocenters. The summed E-state index contributed by atoms with van der Waals surface area (Å²) < 4.78 is 5.06. The molecule has 0 amide bonds. The molecule has 2 rings (SSSR count). The van der Waals surface area contributed by atoms with Crippen LogP contribution in [0.25, 0.3) is 6.08 Å². The Morgan fingerprint density at radius 3 is 2.68 bits per heavy atom. The van der Waals surface area contributed by atoms with Crippen molar-refractivity contribution in [3.8, 4) is 0 Å². The Labute approximate surface area is 116 Å². The molecule has 0 saturated carbocycles. The van der Waals surface area contributed by atoms with Crippen LogP contribution in [0.15, 0.2) is 54.7 Å². The zero-order valence-electron chi connectivity index (χ0n) is 10.1. The third-order valence-corrected chi connectivity index (χ3v) is 2.62. The van der Waals surface area contributed by atoms with Crippen molar-refractivity contribution in [1.29, 1.82) is 0 Å². The lowest BCUT2D eigenvalue weighted by Crippen LogP contribution is -2.01. The molecule has 19 heavy (non-hydrogen) atoms. The smallest absolute Gasteiger partial charge is 0.331 e. The lowest BCUT2D eigenvalue weighted by atomic mass is 10.2. The second kappa shape index (κ2) is 6.71. The Morgan fingerprint density at radius 1 is 1.21 bits per heavy atom. The molecule has 3 nitrogen and oxygen atoms in total. The maximum atomic E-state index is 11.5. The summed E-state index contributed by atoms with van der Waals surface area (Å²) in [7, 11) is 0. The predicted octanol–water partition coefficient (Wildman–Crippen LogP) is 3.49. The fraction of sp³-hybridized carbons (Fsp3) is 0.0667. The molecule has 2 aromatic rings. The number of aromatic nitrogens is 1. The summed E-state index contributed by atoms with van der Waals surface area (Å²) in [5, 5.41) is 0.662. The van der Waals surface area contributed by atoms with Crippen LogP contribution in [0.2, 0.25) is 5.02 Å². The Kier molecular flexibility index (Phi) is 4.70. The van der Waals surface area contributed by atoms with Gasteiger partial charge in [-0.15, -0.1) is 0 Å². The average molecular weight is 274 g/mol. The van der Waals surface area contributed by atoms with Gasteiger partial charge in [0.2, 0.25) is 0 Å². The van der Waals surface area contributed by atoms with Crippen molar-refractivity contribution in [3.05, 3.63) is 71.0 Å². The summed E-state index contributed by atoms with van der Waals surface area (Å²) >= 11 is 5.77. The van der Waals surface area contributed by atoms with Crippen LogP contribution >= 0.6 is 11.6 Å². The van der Waals surface area contributed by atoms with E-state index in [1.807, 2.05) is 24.3 Å². The number of ether oxygens (including phenoxy) is 1. The van der Waals surface area contributed by atoms with Crippen LogP contribution in [0.4, 0.5) is 0 Å². The number of nitrogens with zero attached hydrogens (tertiary/aromatic N) is 1. The van der Waals surface area contributed by atoms with E-state index in [-0.39, 0.29) is 6.61 Å². The van der Waals surface area contributed by atoms with Gasteiger partial charge in [-0.25, -0.2) is 4.79 Å². The third kappa shape index (κ3) is 4.56. The van der Waals surface area contributed by atoms with Crippen molar-refractivity contribution >= 4 is 23.6 Å². The number of carbonyl (C=O) groups is 1. The van der Waals surface area contributed by atoms with E-state index in [0.29, 0.717) is 5.02 Å². The van der Waals surface area contributed by atoms with Gasteiger partial charge in [0.05, 0.1) is 5.69 Å². The second-order valence-corrected chi connectivity index (χ2v) is 4.25. The topological polar surface area (TPSA) is 39.2 Å². The van der Waals surface area contributed by atoms with E-state index >= 15 is 0 Å². The molecule has 1 aromatic carbocycles. The predicted molar refractivity (Wildman–Crippen MR) is 74.5 cm³/mol. The van der Waals surface area contributed by atoms with Crippen molar-refractivity contribution in [2.45, 2.75) is 6.61 Å². The molecule has 0 unspecified atom stereocenters. The van der Waals surface area contributed by atoms with Crippen molar-refractivity contribution in [1.82, 2.24) is 4.98 Å². The Hall–Kier alpha value is -2.13. The first kappa shape index (κ1) is 13.3. The molecule has 0 saturated heterocycles. The Bertz CT molecular complexity index is 564. The molecule has 1 aromatic heterocycles. The van der Waals surface area contributed by atoms with Crippen molar-refractivity contribution < 1.29 is 9.53 Å². The molecular weight excluding hydrogens is 262 g/mol. The zero-order chi connectivity index (χ0) is 13.5. The summed E-state index contributed by atoms with van der Waals surface area (Å²) in [5.74, 6) is -0.402. The van der Waals surface area contributed by atoms with Gasteiger partial charge >= 0.3 is 5.97 Å². The maximum absolute atomic E-state index is 11.5. The largest absolute Gasteiger partial charge is 0.456 e. The lowest BCUT2D eigenvalue weighted by molar-refractivity contribution is -0.139. The van der Waals surface area contributed by atoms with E-state index in [0.717, 1.165) is 11.3 Å². The van der Waals surface area contributed by atoms with E-state index in [2.05, 4.69) is 4.98 Å². The Balaban J connectivity index is 1.86. The van der Waals surface area contributed by atoms with Crippen LogP contribution < -0.4 is 0 Å². The first-order valence-corrected chi connectivity index (χ1v) is 6.12. The fourth-order valence-corrected chi connectivity index (χ4v) is 1.54. The quantitative estimate of drug-likeness (QED) is 0.632. The number of hydrogen-bond donors (Lipinski definition) is 0. The lowest BCUT2D eigenvalue weighted by Gasteiger charge is -2.00. The molecule has 0 N–H and O–H groups in total. The highest BCUT2D eigenvalue weighted by Crippen LogP contribution is 2.10. The van der Waals surface area contributed by atoms with Crippen LogP contribution in [0, 0.1) is 0 Å². The molecular formula is C15H12ClNO2. The Morgan fingerprint density at radius 2 is 2.00 bits per heavy atom. The van der Waals surface area contributed by atoms with Gasteiger partial charge < -0.3 is 4.74 Å². The van der Waals surface area contributed by atoms with Crippen LogP contribution in [0.1, 0.15) is 11.3 Å². The minimum absolute atomic E-state index is 0.171. The number of rotatable bonds is 4. The van der Waals surface area contributed by atoms with Gasteiger partial charge in [0.25, 0.3) is 0 Å². The van der Waals surface area contributed by atoms with Gasteiger partial charge in [0.1, 0.15) is 6.61 Å². The van der Waals surface area contributed by atoms with E-state index in [4.69, 9.17) is 16.3 Å². The molecule has 0 fully saturated rings. The highest BCUT2D eigenvalue weighted by atomic mass is 35.5. The minimum atomic E-state index is -0.402. The average Bonchev–Trinajstić information content (AvgIpc) is 2.45.